The lowest BCUT2D eigenvalue weighted by molar-refractivity contribution is -0.113. The van der Waals surface area contributed by atoms with Crippen LogP contribution in [0.5, 0.6) is 0 Å². The van der Waals surface area contributed by atoms with Gasteiger partial charge in [-0.1, -0.05) is 66.7 Å². The van der Waals surface area contributed by atoms with Crippen molar-refractivity contribution in [3.8, 4) is 0 Å². The third kappa shape index (κ3) is 3.64. The van der Waals surface area contributed by atoms with Crippen LogP contribution in [-0.2, 0) is 4.79 Å². The zero-order chi connectivity index (χ0) is 19.5. The first kappa shape index (κ1) is 18.3. The summed E-state index contributed by atoms with van der Waals surface area (Å²) < 4.78 is 0. The number of hydrogen-bond donors (Lipinski definition) is 0. The fraction of sp³-hybridized carbons (Fsp3) is 0.0833. The Kier molecular flexibility index (Phi) is 5.13. The Morgan fingerprint density at radius 2 is 1.43 bits per heavy atom. The molecule has 1 amide bonds. The molecule has 1 heterocycles. The molecule has 0 spiro atoms. The van der Waals surface area contributed by atoms with Gasteiger partial charge < -0.3 is 0 Å². The molecule has 4 rings (SSSR count). The Bertz CT molecular complexity index is 1050. The van der Waals surface area contributed by atoms with Crippen molar-refractivity contribution in [2.75, 3.05) is 4.90 Å². The number of benzene rings is 3. The van der Waals surface area contributed by atoms with E-state index in [2.05, 4.69) is 0 Å². The number of nitrogens with zero attached hydrogens (tertiary/aromatic N) is 2. The maximum atomic E-state index is 13.2. The minimum atomic E-state index is -0.0509. The summed E-state index contributed by atoms with van der Waals surface area (Å²) in [5, 5.41) is 0.677. The molecule has 0 aliphatic carbocycles. The van der Waals surface area contributed by atoms with Crippen LogP contribution in [0.1, 0.15) is 16.7 Å². The lowest BCUT2D eigenvalue weighted by Crippen LogP contribution is -2.28. The minimum absolute atomic E-state index is 0.0509. The van der Waals surface area contributed by atoms with Gasteiger partial charge in [-0.05, 0) is 60.5 Å². The van der Waals surface area contributed by atoms with Crippen LogP contribution in [0.15, 0.2) is 88.8 Å². The van der Waals surface area contributed by atoms with Crippen molar-refractivity contribution in [1.29, 1.82) is 0 Å². The normalized spacial score (nSPS) is 16.9. The van der Waals surface area contributed by atoms with Gasteiger partial charge in [0.15, 0.2) is 5.17 Å². The average Bonchev–Trinajstić information content (AvgIpc) is 3.01. The third-order valence-corrected chi connectivity index (χ3v) is 5.53. The highest BCUT2D eigenvalue weighted by Crippen LogP contribution is 2.38. The van der Waals surface area contributed by atoms with Crippen LogP contribution in [0.3, 0.4) is 0 Å². The number of carbonyl (C=O) groups is 1. The molecule has 3 aromatic rings. The Labute approximate surface area is 169 Å². The molecule has 0 N–H and O–H groups in total. The maximum absolute atomic E-state index is 13.2. The van der Waals surface area contributed by atoms with E-state index in [1.165, 1.54) is 11.8 Å². The molecule has 0 saturated carbocycles. The SMILES string of the molecule is Cc1cccc(C)c1N=C1S/C(=C\c2ccccc2)C(=O)N1c1ccccc1. The fourth-order valence-electron chi connectivity index (χ4n) is 3.13. The molecular formula is C24H20N2OS. The van der Waals surface area contributed by atoms with Crippen molar-refractivity contribution in [3.63, 3.8) is 0 Å². The number of rotatable bonds is 3. The molecule has 0 unspecified atom stereocenters. The zero-order valence-corrected chi connectivity index (χ0v) is 16.6. The summed E-state index contributed by atoms with van der Waals surface area (Å²) in [6, 6.07) is 25.7. The quantitative estimate of drug-likeness (QED) is 0.510. The van der Waals surface area contributed by atoms with Crippen molar-refractivity contribution in [2.45, 2.75) is 13.8 Å². The Balaban J connectivity index is 1.82. The molecular weight excluding hydrogens is 364 g/mol. The topological polar surface area (TPSA) is 32.7 Å². The highest BCUT2D eigenvalue weighted by atomic mass is 32.2. The van der Waals surface area contributed by atoms with Crippen molar-refractivity contribution in [2.24, 2.45) is 4.99 Å². The number of hydrogen-bond acceptors (Lipinski definition) is 3. The monoisotopic (exact) mass is 384 g/mol. The van der Waals surface area contributed by atoms with Crippen LogP contribution in [-0.4, -0.2) is 11.1 Å². The first-order chi connectivity index (χ1) is 13.6. The predicted octanol–water partition coefficient (Wildman–Crippen LogP) is 6.11. The predicted molar refractivity (Wildman–Crippen MR) is 119 cm³/mol. The summed E-state index contributed by atoms with van der Waals surface area (Å²) in [6.45, 7) is 4.09. The van der Waals surface area contributed by atoms with Gasteiger partial charge in [-0.2, -0.15) is 0 Å². The summed E-state index contributed by atoms with van der Waals surface area (Å²) >= 11 is 1.42. The van der Waals surface area contributed by atoms with Gasteiger partial charge in [0.25, 0.3) is 5.91 Å². The Morgan fingerprint density at radius 1 is 0.821 bits per heavy atom. The van der Waals surface area contributed by atoms with Crippen molar-refractivity contribution >= 4 is 40.3 Å². The van der Waals surface area contributed by atoms with E-state index in [-0.39, 0.29) is 5.91 Å². The van der Waals surface area contributed by atoms with Crippen LogP contribution in [0, 0.1) is 13.8 Å². The van der Waals surface area contributed by atoms with Gasteiger partial charge in [0, 0.05) is 0 Å². The van der Waals surface area contributed by atoms with E-state index in [1.807, 2.05) is 98.8 Å². The van der Waals surface area contributed by atoms with E-state index in [4.69, 9.17) is 4.99 Å². The number of thioether (sulfide) groups is 1. The molecule has 28 heavy (non-hydrogen) atoms. The summed E-state index contributed by atoms with van der Waals surface area (Å²) in [4.78, 5) is 20.5. The van der Waals surface area contributed by atoms with E-state index in [9.17, 15) is 4.79 Å². The van der Waals surface area contributed by atoms with Gasteiger partial charge in [0.05, 0.1) is 16.3 Å². The van der Waals surface area contributed by atoms with Crippen molar-refractivity contribution in [3.05, 3.63) is 100 Å². The van der Waals surface area contributed by atoms with Crippen LogP contribution in [0.25, 0.3) is 6.08 Å². The standard InChI is InChI=1S/C24H20N2OS/c1-17-10-9-11-18(2)22(17)25-24-26(20-14-7-4-8-15-20)23(27)21(28-24)16-19-12-5-3-6-13-19/h3-16H,1-2H3/b21-16-,25-24?. The van der Waals surface area contributed by atoms with E-state index in [1.54, 1.807) is 4.90 Å². The molecule has 0 atom stereocenters. The number of aliphatic imine (C=N–C) groups is 1. The molecule has 3 nitrogen and oxygen atoms in total. The Hall–Kier alpha value is -3.11. The summed E-state index contributed by atoms with van der Waals surface area (Å²) in [7, 11) is 0. The van der Waals surface area contributed by atoms with Gasteiger partial charge in [-0.25, -0.2) is 4.99 Å². The van der Waals surface area contributed by atoms with Crippen LogP contribution in [0.4, 0.5) is 11.4 Å². The van der Waals surface area contributed by atoms with Crippen LogP contribution in [0.2, 0.25) is 0 Å². The van der Waals surface area contributed by atoms with Gasteiger partial charge in [-0.15, -0.1) is 0 Å². The summed E-state index contributed by atoms with van der Waals surface area (Å²) in [5.41, 5.74) is 4.92. The third-order valence-electron chi connectivity index (χ3n) is 4.57. The zero-order valence-electron chi connectivity index (χ0n) is 15.8. The van der Waals surface area contributed by atoms with Crippen LogP contribution >= 0.6 is 11.8 Å². The van der Waals surface area contributed by atoms with E-state index < -0.39 is 0 Å². The van der Waals surface area contributed by atoms with Gasteiger partial charge in [0.1, 0.15) is 0 Å². The minimum Gasteiger partial charge on any atom is -0.268 e. The number of carbonyl (C=O) groups excluding carboxylic acids is 1. The van der Waals surface area contributed by atoms with Gasteiger partial charge >= 0.3 is 0 Å². The van der Waals surface area contributed by atoms with Crippen LogP contribution < -0.4 is 4.90 Å². The van der Waals surface area contributed by atoms with Gasteiger partial charge in [0.2, 0.25) is 0 Å². The number of aryl methyl sites for hydroxylation is 2. The van der Waals surface area contributed by atoms with E-state index >= 15 is 0 Å². The number of para-hydroxylation sites is 2. The summed E-state index contributed by atoms with van der Waals surface area (Å²) in [5.74, 6) is -0.0509. The molecule has 0 bridgehead atoms. The first-order valence-corrected chi connectivity index (χ1v) is 9.94. The average molecular weight is 385 g/mol. The lowest BCUT2D eigenvalue weighted by Gasteiger charge is -2.16. The molecule has 0 aromatic heterocycles. The Morgan fingerprint density at radius 3 is 2.07 bits per heavy atom. The second-order valence-electron chi connectivity index (χ2n) is 6.63. The number of amides is 1. The van der Waals surface area contributed by atoms with E-state index in [0.29, 0.717) is 10.1 Å². The first-order valence-electron chi connectivity index (χ1n) is 9.12. The molecule has 1 saturated heterocycles. The second-order valence-corrected chi connectivity index (χ2v) is 7.64. The van der Waals surface area contributed by atoms with E-state index in [0.717, 1.165) is 28.1 Å². The molecule has 4 heteroatoms. The second kappa shape index (κ2) is 7.87. The van der Waals surface area contributed by atoms with Gasteiger partial charge in [-0.3, -0.25) is 9.69 Å². The number of anilines is 1. The summed E-state index contributed by atoms with van der Waals surface area (Å²) in [6.07, 6.45) is 1.93. The fourth-order valence-corrected chi connectivity index (χ4v) is 4.12. The van der Waals surface area contributed by atoms with Crippen molar-refractivity contribution in [1.82, 2.24) is 0 Å². The highest BCUT2D eigenvalue weighted by molar-refractivity contribution is 8.19. The molecule has 1 fully saturated rings. The molecule has 3 aromatic carbocycles. The number of amidine groups is 1. The molecule has 138 valence electrons. The van der Waals surface area contributed by atoms with Crippen molar-refractivity contribution < 1.29 is 4.79 Å². The molecule has 1 aliphatic rings. The molecule has 0 radical (unpaired) electrons. The molecule has 1 aliphatic heterocycles. The maximum Gasteiger partial charge on any atom is 0.271 e. The smallest absolute Gasteiger partial charge is 0.268 e. The lowest BCUT2D eigenvalue weighted by atomic mass is 10.1. The largest absolute Gasteiger partial charge is 0.271 e. The highest BCUT2D eigenvalue weighted by Gasteiger charge is 2.34.